The minimum absolute atomic E-state index is 0.0920. The first-order chi connectivity index (χ1) is 13.0. The van der Waals surface area contributed by atoms with Gasteiger partial charge in [0.05, 0.1) is 18.9 Å². The van der Waals surface area contributed by atoms with Gasteiger partial charge in [0.25, 0.3) is 0 Å². The van der Waals surface area contributed by atoms with Crippen molar-refractivity contribution in [3.05, 3.63) is 42.4 Å². The molecule has 3 heteroatoms. The molecule has 27 heavy (non-hydrogen) atoms. The minimum atomic E-state index is 0.0920. The Morgan fingerprint density at radius 3 is 2.22 bits per heavy atom. The highest BCUT2D eigenvalue weighted by Crippen LogP contribution is 2.18. The average molecular weight is 374 g/mol. The van der Waals surface area contributed by atoms with Crippen molar-refractivity contribution in [3.63, 3.8) is 0 Å². The first-order valence-corrected chi connectivity index (χ1v) is 10.6. The fourth-order valence-electron chi connectivity index (χ4n) is 2.74. The second-order valence-electron chi connectivity index (χ2n) is 7.46. The van der Waals surface area contributed by atoms with Gasteiger partial charge in [-0.3, -0.25) is 4.99 Å². The van der Waals surface area contributed by atoms with Crippen LogP contribution in [0, 0.1) is 0 Å². The van der Waals surface area contributed by atoms with Crippen LogP contribution in [0.25, 0.3) is 5.76 Å². The molecule has 0 saturated carbocycles. The monoisotopic (exact) mass is 373 g/mol. The van der Waals surface area contributed by atoms with Gasteiger partial charge in [0.2, 0.25) is 0 Å². The number of ether oxygens (including phenoxy) is 1. The number of nitrogens with zero attached hydrogens (tertiary/aromatic N) is 1. The van der Waals surface area contributed by atoms with Crippen molar-refractivity contribution >= 4 is 12.0 Å². The van der Waals surface area contributed by atoms with E-state index in [4.69, 9.17) is 9.15 Å². The third kappa shape index (κ3) is 10.8. The maximum atomic E-state index is 5.73. The van der Waals surface area contributed by atoms with Gasteiger partial charge in [0, 0.05) is 0 Å². The standard InChI is InChI=1S/C24H39NO2/c1-6-7-8-9-10-11-12-13-14-15-18-26-22(5)24-17-16-23(27-24)19-25-21(4)20(2)3/h16-17,19,21H,2,5-15,18H2,1,3-4H3/b25-19+. The lowest BCUT2D eigenvalue weighted by atomic mass is 10.1. The van der Waals surface area contributed by atoms with Crippen molar-refractivity contribution in [1.82, 2.24) is 0 Å². The molecular formula is C24H39NO2. The number of hydrogen-bond acceptors (Lipinski definition) is 3. The van der Waals surface area contributed by atoms with Crippen LogP contribution in [-0.4, -0.2) is 18.9 Å². The van der Waals surface area contributed by atoms with Gasteiger partial charge < -0.3 is 9.15 Å². The lowest BCUT2D eigenvalue weighted by Gasteiger charge is -2.07. The molecule has 1 aromatic rings. The van der Waals surface area contributed by atoms with Crippen LogP contribution in [-0.2, 0) is 4.74 Å². The van der Waals surface area contributed by atoms with E-state index in [-0.39, 0.29) is 6.04 Å². The van der Waals surface area contributed by atoms with Gasteiger partial charge in [-0.05, 0) is 32.4 Å². The molecule has 0 aliphatic carbocycles. The van der Waals surface area contributed by atoms with Crippen LogP contribution in [0.3, 0.4) is 0 Å². The Morgan fingerprint density at radius 2 is 1.63 bits per heavy atom. The maximum absolute atomic E-state index is 5.73. The Kier molecular flexibility index (Phi) is 12.3. The van der Waals surface area contributed by atoms with Gasteiger partial charge in [-0.25, -0.2) is 0 Å². The molecular weight excluding hydrogens is 334 g/mol. The van der Waals surface area contributed by atoms with E-state index in [1.165, 1.54) is 57.8 Å². The summed E-state index contributed by atoms with van der Waals surface area (Å²) in [5, 5.41) is 0. The summed E-state index contributed by atoms with van der Waals surface area (Å²) < 4.78 is 11.5. The molecule has 0 spiro atoms. The van der Waals surface area contributed by atoms with Gasteiger partial charge in [-0.15, -0.1) is 0 Å². The van der Waals surface area contributed by atoms with Gasteiger partial charge in [0.1, 0.15) is 5.76 Å². The van der Waals surface area contributed by atoms with E-state index >= 15 is 0 Å². The van der Waals surface area contributed by atoms with Crippen molar-refractivity contribution in [1.29, 1.82) is 0 Å². The van der Waals surface area contributed by atoms with Crippen LogP contribution in [0.2, 0.25) is 0 Å². The quantitative estimate of drug-likeness (QED) is 0.130. The number of aliphatic imine (C=N–C) groups is 1. The van der Waals surface area contributed by atoms with Crippen molar-refractivity contribution < 1.29 is 9.15 Å². The summed E-state index contributed by atoms with van der Waals surface area (Å²) in [5.41, 5.74) is 1.03. The summed E-state index contributed by atoms with van der Waals surface area (Å²) in [7, 11) is 0. The SMILES string of the molecule is C=C(OCCCCCCCCCCCC)c1ccc(/C=N/C(C)C(=C)C)o1. The predicted molar refractivity (Wildman–Crippen MR) is 117 cm³/mol. The van der Waals surface area contributed by atoms with E-state index in [9.17, 15) is 0 Å². The van der Waals surface area contributed by atoms with E-state index < -0.39 is 0 Å². The second-order valence-corrected chi connectivity index (χ2v) is 7.46. The first kappa shape index (κ1) is 23.3. The lowest BCUT2D eigenvalue weighted by molar-refractivity contribution is 0.258. The third-order valence-electron chi connectivity index (χ3n) is 4.81. The van der Waals surface area contributed by atoms with Crippen LogP contribution in [0.4, 0.5) is 0 Å². The molecule has 1 heterocycles. The Labute approximate surface area is 166 Å². The average Bonchev–Trinajstić information content (AvgIpc) is 3.13. The van der Waals surface area contributed by atoms with Crippen LogP contribution in [0.1, 0.15) is 96.5 Å². The summed E-state index contributed by atoms with van der Waals surface area (Å²) in [6.07, 6.45) is 14.9. The number of furan rings is 1. The van der Waals surface area contributed by atoms with Crippen molar-refractivity contribution in [2.24, 2.45) is 4.99 Å². The molecule has 0 radical (unpaired) electrons. The Balaban J connectivity index is 2.11. The third-order valence-corrected chi connectivity index (χ3v) is 4.81. The first-order valence-electron chi connectivity index (χ1n) is 10.6. The molecule has 0 amide bonds. The van der Waals surface area contributed by atoms with E-state index in [1.54, 1.807) is 6.21 Å². The molecule has 0 bridgehead atoms. The zero-order valence-corrected chi connectivity index (χ0v) is 17.8. The van der Waals surface area contributed by atoms with E-state index in [2.05, 4.69) is 25.1 Å². The molecule has 0 aromatic carbocycles. The highest BCUT2D eigenvalue weighted by molar-refractivity contribution is 5.77. The van der Waals surface area contributed by atoms with Crippen molar-refractivity contribution in [2.45, 2.75) is 91.0 Å². The van der Waals surface area contributed by atoms with Crippen LogP contribution >= 0.6 is 0 Å². The Bertz CT molecular complexity index is 571. The van der Waals surface area contributed by atoms with Crippen LogP contribution in [0.15, 0.2) is 40.3 Å². The van der Waals surface area contributed by atoms with Gasteiger partial charge in [-0.1, -0.05) is 83.4 Å². The number of unbranched alkanes of at least 4 members (excludes halogenated alkanes) is 9. The molecule has 0 saturated heterocycles. The highest BCUT2D eigenvalue weighted by Gasteiger charge is 2.06. The number of hydrogen-bond donors (Lipinski definition) is 0. The predicted octanol–water partition coefficient (Wildman–Crippen LogP) is 7.57. The van der Waals surface area contributed by atoms with Crippen molar-refractivity contribution in [2.75, 3.05) is 6.61 Å². The number of rotatable bonds is 16. The van der Waals surface area contributed by atoms with E-state index in [0.29, 0.717) is 23.9 Å². The molecule has 1 unspecified atom stereocenters. The van der Waals surface area contributed by atoms with Gasteiger partial charge in [-0.2, -0.15) is 0 Å². The molecule has 1 rings (SSSR count). The summed E-state index contributed by atoms with van der Waals surface area (Å²) in [5.74, 6) is 1.98. The normalized spacial score (nSPS) is 12.4. The summed E-state index contributed by atoms with van der Waals surface area (Å²) in [6.45, 7) is 14.8. The molecule has 0 fully saturated rings. The molecule has 0 N–H and O–H groups in total. The minimum Gasteiger partial charge on any atom is -0.490 e. The Hall–Kier alpha value is -1.77. The zero-order valence-electron chi connectivity index (χ0n) is 17.8. The smallest absolute Gasteiger partial charge is 0.168 e. The lowest BCUT2D eigenvalue weighted by Crippen LogP contribution is -1.98. The zero-order chi connectivity index (χ0) is 19.9. The van der Waals surface area contributed by atoms with Gasteiger partial charge in [0.15, 0.2) is 11.5 Å². The molecule has 152 valence electrons. The van der Waals surface area contributed by atoms with Crippen LogP contribution < -0.4 is 0 Å². The summed E-state index contributed by atoms with van der Waals surface area (Å²) in [4.78, 5) is 4.41. The molecule has 1 atom stereocenters. The van der Waals surface area contributed by atoms with E-state index in [0.717, 1.165) is 12.0 Å². The fourth-order valence-corrected chi connectivity index (χ4v) is 2.74. The van der Waals surface area contributed by atoms with E-state index in [1.807, 2.05) is 26.0 Å². The molecule has 0 aliphatic rings. The molecule has 3 nitrogen and oxygen atoms in total. The highest BCUT2D eigenvalue weighted by atomic mass is 16.5. The van der Waals surface area contributed by atoms with Gasteiger partial charge >= 0.3 is 0 Å². The topological polar surface area (TPSA) is 34.7 Å². The second kappa shape index (κ2) is 14.3. The largest absolute Gasteiger partial charge is 0.490 e. The molecule has 1 aromatic heterocycles. The van der Waals surface area contributed by atoms with Crippen molar-refractivity contribution in [3.8, 4) is 0 Å². The fraction of sp³-hybridized carbons (Fsp3) is 0.625. The summed E-state index contributed by atoms with van der Waals surface area (Å²) in [6, 6.07) is 3.86. The Morgan fingerprint density at radius 1 is 1.04 bits per heavy atom. The van der Waals surface area contributed by atoms with Crippen LogP contribution in [0.5, 0.6) is 0 Å². The summed E-state index contributed by atoms with van der Waals surface area (Å²) >= 11 is 0. The molecule has 0 aliphatic heterocycles. The maximum Gasteiger partial charge on any atom is 0.168 e.